The molecule has 1 fully saturated rings. The minimum atomic E-state index is -3.64. The largest absolute Gasteiger partial charge is 0.354 e. The Hall–Kier alpha value is -1.96. The van der Waals surface area contributed by atoms with Gasteiger partial charge in [0.15, 0.2) is 0 Å². The summed E-state index contributed by atoms with van der Waals surface area (Å²) in [5, 5.41) is 4.84. The van der Waals surface area contributed by atoms with Crippen LogP contribution in [0.1, 0.15) is 32.1 Å². The molecule has 1 saturated carbocycles. The first-order valence-corrected chi connectivity index (χ1v) is 11.2. The molecule has 6 nitrogen and oxygen atoms in total. The van der Waals surface area contributed by atoms with Gasteiger partial charge >= 0.3 is 0 Å². The number of benzene rings is 2. The Morgan fingerprint density at radius 2 is 1.75 bits per heavy atom. The minimum Gasteiger partial charge on any atom is -0.354 e. The highest BCUT2D eigenvalue weighted by atomic mass is 32.2. The van der Waals surface area contributed by atoms with Crippen molar-refractivity contribution in [2.24, 2.45) is 0 Å². The molecule has 7 heteroatoms. The van der Waals surface area contributed by atoms with E-state index in [9.17, 15) is 13.2 Å². The van der Waals surface area contributed by atoms with Crippen molar-refractivity contribution in [1.29, 1.82) is 0 Å². The first kappa shape index (κ1) is 20.8. The van der Waals surface area contributed by atoms with Crippen LogP contribution in [0.5, 0.6) is 0 Å². The summed E-state index contributed by atoms with van der Waals surface area (Å²) in [5.74, 6) is -0.130. The van der Waals surface area contributed by atoms with Crippen molar-refractivity contribution in [2.75, 3.05) is 27.2 Å². The zero-order valence-electron chi connectivity index (χ0n) is 16.6. The van der Waals surface area contributed by atoms with Crippen LogP contribution < -0.4 is 10.0 Å². The van der Waals surface area contributed by atoms with E-state index in [1.54, 1.807) is 18.2 Å². The third-order valence-electron chi connectivity index (χ3n) is 5.77. The average Bonchev–Trinajstić information content (AvgIpc) is 3.16. The zero-order valence-corrected chi connectivity index (χ0v) is 17.4. The Balaban J connectivity index is 1.52. The quantitative estimate of drug-likeness (QED) is 0.710. The molecule has 1 amide bonds. The van der Waals surface area contributed by atoms with Crippen molar-refractivity contribution in [1.82, 2.24) is 14.9 Å². The monoisotopic (exact) mass is 403 g/mol. The van der Waals surface area contributed by atoms with Crippen LogP contribution in [0.2, 0.25) is 0 Å². The maximum Gasteiger partial charge on any atom is 0.240 e. The molecule has 0 unspecified atom stereocenters. The van der Waals surface area contributed by atoms with Crippen molar-refractivity contribution in [3.8, 4) is 0 Å². The first-order valence-electron chi connectivity index (χ1n) is 9.75. The van der Waals surface area contributed by atoms with Gasteiger partial charge in [-0.2, -0.15) is 0 Å². The number of carbonyl (C=O) groups excluding carboxylic acids is 1. The predicted molar refractivity (Wildman–Crippen MR) is 112 cm³/mol. The lowest BCUT2D eigenvalue weighted by molar-refractivity contribution is -0.121. The fourth-order valence-corrected chi connectivity index (χ4v) is 4.95. The molecule has 152 valence electrons. The molecule has 28 heavy (non-hydrogen) atoms. The summed E-state index contributed by atoms with van der Waals surface area (Å²) in [5.41, 5.74) is 0.0280. The number of fused-ring (bicyclic) bond motifs is 1. The van der Waals surface area contributed by atoms with E-state index in [0.717, 1.165) is 23.6 Å². The van der Waals surface area contributed by atoms with E-state index in [4.69, 9.17) is 0 Å². The summed E-state index contributed by atoms with van der Waals surface area (Å²) in [4.78, 5) is 14.6. The van der Waals surface area contributed by atoms with E-state index in [0.29, 0.717) is 6.54 Å². The molecule has 2 aromatic carbocycles. The van der Waals surface area contributed by atoms with Crippen molar-refractivity contribution in [3.05, 3.63) is 42.5 Å². The maximum absolute atomic E-state index is 12.5. The summed E-state index contributed by atoms with van der Waals surface area (Å²) in [6.45, 7) is 0.687. The number of amides is 1. The van der Waals surface area contributed by atoms with E-state index < -0.39 is 10.0 Å². The van der Waals surface area contributed by atoms with Gasteiger partial charge in [-0.05, 0) is 49.8 Å². The van der Waals surface area contributed by atoms with E-state index in [2.05, 4.69) is 29.0 Å². The normalized spacial score (nSPS) is 16.5. The number of hydrogen-bond donors (Lipinski definition) is 2. The minimum absolute atomic E-state index is 0.0280. The molecule has 0 saturated heterocycles. The molecule has 2 aromatic rings. The lowest BCUT2D eigenvalue weighted by Crippen LogP contribution is -2.51. The van der Waals surface area contributed by atoms with E-state index in [-0.39, 0.29) is 29.3 Å². The first-order chi connectivity index (χ1) is 13.3. The number of likely N-dealkylation sites (N-methyl/N-ethyl adjacent to an activating group) is 1. The molecule has 3 rings (SSSR count). The Morgan fingerprint density at radius 1 is 1.07 bits per heavy atom. The topological polar surface area (TPSA) is 78.5 Å². The van der Waals surface area contributed by atoms with Crippen LogP contribution in [0.25, 0.3) is 10.8 Å². The smallest absolute Gasteiger partial charge is 0.240 e. The van der Waals surface area contributed by atoms with Crippen molar-refractivity contribution in [3.63, 3.8) is 0 Å². The second-order valence-electron chi connectivity index (χ2n) is 7.76. The third-order valence-corrected chi connectivity index (χ3v) is 7.23. The molecule has 0 radical (unpaired) electrons. The highest BCUT2D eigenvalue weighted by Crippen LogP contribution is 2.33. The van der Waals surface area contributed by atoms with Crippen molar-refractivity contribution >= 4 is 26.7 Å². The number of nitrogens with zero attached hydrogens (tertiary/aromatic N) is 1. The highest BCUT2D eigenvalue weighted by Gasteiger charge is 2.36. The Morgan fingerprint density at radius 3 is 2.43 bits per heavy atom. The number of hydrogen-bond acceptors (Lipinski definition) is 4. The summed E-state index contributed by atoms with van der Waals surface area (Å²) in [6.07, 6.45) is 4.64. The number of carbonyl (C=O) groups is 1. The van der Waals surface area contributed by atoms with Gasteiger partial charge in [0.25, 0.3) is 0 Å². The molecule has 0 aromatic heterocycles. The maximum atomic E-state index is 12.5. The fraction of sp³-hybridized carbons (Fsp3) is 0.476. The molecule has 0 aliphatic heterocycles. The number of sulfonamides is 1. The van der Waals surface area contributed by atoms with E-state index in [1.165, 1.54) is 12.8 Å². The number of nitrogens with one attached hydrogen (secondary N) is 2. The Bertz CT molecular complexity index is 935. The van der Waals surface area contributed by atoms with Crippen molar-refractivity contribution < 1.29 is 13.2 Å². The molecular formula is C21H29N3O3S. The van der Waals surface area contributed by atoms with Crippen molar-refractivity contribution in [2.45, 2.75) is 42.5 Å². The summed E-state index contributed by atoms with van der Waals surface area (Å²) in [6, 6.07) is 12.6. The third kappa shape index (κ3) is 4.71. The molecular weight excluding hydrogens is 374 g/mol. The van der Waals surface area contributed by atoms with Gasteiger partial charge in [-0.15, -0.1) is 0 Å². The predicted octanol–water partition coefficient (Wildman–Crippen LogP) is 2.50. The second-order valence-corrected chi connectivity index (χ2v) is 9.53. The Kier molecular flexibility index (Phi) is 6.37. The van der Waals surface area contributed by atoms with Gasteiger partial charge in [0.1, 0.15) is 0 Å². The second kappa shape index (κ2) is 8.59. The zero-order chi connectivity index (χ0) is 20.2. The van der Waals surface area contributed by atoms with Crippen LogP contribution in [-0.4, -0.2) is 51.9 Å². The fourth-order valence-electron chi connectivity index (χ4n) is 3.88. The van der Waals surface area contributed by atoms with Gasteiger partial charge in [0.05, 0.1) is 4.90 Å². The lowest BCUT2D eigenvalue weighted by Gasteiger charge is -2.36. The highest BCUT2D eigenvalue weighted by molar-refractivity contribution is 7.89. The van der Waals surface area contributed by atoms with Crippen LogP contribution in [-0.2, 0) is 14.8 Å². The van der Waals surface area contributed by atoms with E-state index >= 15 is 0 Å². The molecule has 1 aliphatic carbocycles. The molecule has 1 aliphatic rings. The van der Waals surface area contributed by atoms with Gasteiger partial charge in [0, 0.05) is 25.0 Å². The van der Waals surface area contributed by atoms with Gasteiger partial charge in [-0.25, -0.2) is 13.1 Å². The van der Waals surface area contributed by atoms with Gasteiger partial charge in [0.2, 0.25) is 15.9 Å². The molecule has 0 heterocycles. The lowest BCUT2D eigenvalue weighted by atomic mass is 9.96. The summed E-state index contributed by atoms with van der Waals surface area (Å²) < 4.78 is 27.6. The van der Waals surface area contributed by atoms with Gasteiger partial charge < -0.3 is 10.2 Å². The molecule has 0 bridgehead atoms. The SMILES string of the molecule is CN(C)C1(CNC(=O)CCNS(=O)(=O)c2ccc3ccccc3c2)CCCC1. The molecule has 2 N–H and O–H groups in total. The number of rotatable bonds is 8. The average molecular weight is 404 g/mol. The van der Waals surface area contributed by atoms with E-state index in [1.807, 2.05) is 24.3 Å². The van der Waals surface area contributed by atoms with Crippen LogP contribution in [0, 0.1) is 0 Å². The Labute approximate surface area is 167 Å². The van der Waals surface area contributed by atoms with Crippen LogP contribution >= 0.6 is 0 Å². The van der Waals surface area contributed by atoms with Crippen LogP contribution in [0.3, 0.4) is 0 Å². The molecule has 0 spiro atoms. The standard InChI is InChI=1S/C21H29N3O3S/c1-24(2)21(12-5-6-13-21)16-22-20(25)11-14-23-28(26,27)19-10-9-17-7-3-4-8-18(17)15-19/h3-4,7-10,15,23H,5-6,11-14,16H2,1-2H3,(H,22,25). The van der Waals surface area contributed by atoms with Gasteiger partial charge in [-0.1, -0.05) is 43.2 Å². The molecule has 0 atom stereocenters. The summed E-state index contributed by atoms with van der Waals surface area (Å²) in [7, 11) is 0.460. The van der Waals surface area contributed by atoms with Crippen LogP contribution in [0.4, 0.5) is 0 Å². The van der Waals surface area contributed by atoms with Gasteiger partial charge in [-0.3, -0.25) is 4.79 Å². The van der Waals surface area contributed by atoms with Crippen LogP contribution in [0.15, 0.2) is 47.4 Å². The summed E-state index contributed by atoms with van der Waals surface area (Å²) >= 11 is 0.